The van der Waals surface area contributed by atoms with Gasteiger partial charge in [0.15, 0.2) is 0 Å². The lowest BCUT2D eigenvalue weighted by atomic mass is 10.1. The number of rotatable bonds is 6. The van der Waals surface area contributed by atoms with Crippen molar-refractivity contribution in [3.8, 4) is 0 Å². The molecule has 3 rings (SSSR count). The maximum atomic E-state index is 13.0. The number of hydrogen-bond donors (Lipinski definition) is 1. The Morgan fingerprint density at radius 2 is 1.78 bits per heavy atom. The SMILES string of the molecule is CCOC1CCN(C(=O)NCCN2CCN(c3ccc(F)cc3)CC2)CC1. The van der Waals surface area contributed by atoms with Crippen molar-refractivity contribution in [2.45, 2.75) is 25.9 Å². The van der Waals surface area contributed by atoms with E-state index in [1.807, 2.05) is 24.0 Å². The first-order valence-corrected chi connectivity index (χ1v) is 10.0. The highest BCUT2D eigenvalue weighted by atomic mass is 19.1. The average Bonchev–Trinajstić information content (AvgIpc) is 2.70. The Kier molecular flexibility index (Phi) is 7.29. The molecule has 2 saturated heterocycles. The number of amides is 2. The summed E-state index contributed by atoms with van der Waals surface area (Å²) in [6.45, 7) is 9.57. The van der Waals surface area contributed by atoms with Crippen LogP contribution in [0.2, 0.25) is 0 Å². The van der Waals surface area contributed by atoms with Gasteiger partial charge in [0.2, 0.25) is 0 Å². The van der Waals surface area contributed by atoms with E-state index in [4.69, 9.17) is 4.74 Å². The Morgan fingerprint density at radius 3 is 2.41 bits per heavy atom. The molecule has 0 aliphatic carbocycles. The van der Waals surface area contributed by atoms with Crippen LogP contribution < -0.4 is 10.2 Å². The molecule has 1 N–H and O–H groups in total. The van der Waals surface area contributed by atoms with Crippen molar-refractivity contribution >= 4 is 11.7 Å². The fraction of sp³-hybridized carbons (Fsp3) is 0.650. The molecule has 7 heteroatoms. The van der Waals surface area contributed by atoms with Gasteiger partial charge in [-0.05, 0) is 44.0 Å². The van der Waals surface area contributed by atoms with E-state index in [1.165, 1.54) is 12.1 Å². The predicted octanol–water partition coefficient (Wildman–Crippen LogP) is 2.16. The molecule has 2 heterocycles. The first-order chi connectivity index (χ1) is 13.2. The minimum atomic E-state index is -0.199. The predicted molar refractivity (Wildman–Crippen MR) is 105 cm³/mol. The van der Waals surface area contributed by atoms with Gasteiger partial charge in [-0.3, -0.25) is 4.90 Å². The Balaban J connectivity index is 1.31. The summed E-state index contributed by atoms with van der Waals surface area (Å²) in [5.41, 5.74) is 1.07. The number of urea groups is 1. The summed E-state index contributed by atoms with van der Waals surface area (Å²) in [6, 6.07) is 6.72. The van der Waals surface area contributed by atoms with E-state index in [1.54, 1.807) is 0 Å². The summed E-state index contributed by atoms with van der Waals surface area (Å²) in [7, 11) is 0. The first-order valence-electron chi connectivity index (χ1n) is 10.0. The molecule has 2 amide bonds. The van der Waals surface area contributed by atoms with Crippen LogP contribution in [0.25, 0.3) is 0 Å². The smallest absolute Gasteiger partial charge is 0.317 e. The molecular weight excluding hydrogens is 347 g/mol. The van der Waals surface area contributed by atoms with Crippen LogP contribution in [0, 0.1) is 5.82 Å². The number of carbonyl (C=O) groups is 1. The van der Waals surface area contributed by atoms with Gasteiger partial charge >= 0.3 is 6.03 Å². The minimum absolute atomic E-state index is 0.0369. The van der Waals surface area contributed by atoms with E-state index in [9.17, 15) is 9.18 Å². The van der Waals surface area contributed by atoms with Crippen molar-refractivity contribution in [1.82, 2.24) is 15.1 Å². The summed E-state index contributed by atoms with van der Waals surface area (Å²) < 4.78 is 18.7. The highest BCUT2D eigenvalue weighted by Gasteiger charge is 2.23. The summed E-state index contributed by atoms with van der Waals surface area (Å²) in [6.07, 6.45) is 2.15. The molecule has 1 aromatic rings. The molecule has 2 fully saturated rings. The number of piperazine rings is 1. The third-order valence-corrected chi connectivity index (χ3v) is 5.40. The van der Waals surface area contributed by atoms with Crippen LogP contribution in [0.1, 0.15) is 19.8 Å². The number of ether oxygens (including phenoxy) is 1. The van der Waals surface area contributed by atoms with Gasteiger partial charge in [0.25, 0.3) is 0 Å². The number of halogens is 1. The van der Waals surface area contributed by atoms with Crippen molar-refractivity contribution in [3.63, 3.8) is 0 Å². The molecule has 2 aliphatic heterocycles. The summed E-state index contributed by atoms with van der Waals surface area (Å²) in [5, 5.41) is 3.04. The number of hydrogen-bond acceptors (Lipinski definition) is 4. The quantitative estimate of drug-likeness (QED) is 0.824. The van der Waals surface area contributed by atoms with Crippen molar-refractivity contribution < 1.29 is 13.9 Å². The molecule has 0 radical (unpaired) electrons. The lowest BCUT2D eigenvalue weighted by molar-refractivity contribution is 0.0220. The summed E-state index contributed by atoms with van der Waals surface area (Å²) >= 11 is 0. The number of nitrogens with one attached hydrogen (secondary N) is 1. The zero-order valence-corrected chi connectivity index (χ0v) is 16.2. The number of benzene rings is 1. The van der Waals surface area contributed by atoms with E-state index >= 15 is 0 Å². The van der Waals surface area contributed by atoms with E-state index in [2.05, 4.69) is 15.1 Å². The summed E-state index contributed by atoms with van der Waals surface area (Å²) in [5.74, 6) is -0.199. The molecule has 0 bridgehead atoms. The van der Waals surface area contributed by atoms with Crippen LogP contribution in [0.4, 0.5) is 14.9 Å². The third-order valence-electron chi connectivity index (χ3n) is 5.40. The number of carbonyl (C=O) groups excluding carboxylic acids is 1. The van der Waals surface area contributed by atoms with Gasteiger partial charge < -0.3 is 19.9 Å². The van der Waals surface area contributed by atoms with Gasteiger partial charge in [-0.2, -0.15) is 0 Å². The number of piperidine rings is 1. The second-order valence-electron chi connectivity index (χ2n) is 7.18. The van der Waals surface area contributed by atoms with E-state index in [0.717, 1.165) is 70.9 Å². The average molecular weight is 378 g/mol. The standard InChI is InChI=1S/C20H31FN4O2/c1-2-27-19-7-10-25(11-8-19)20(26)22-9-12-23-13-15-24(16-14-23)18-5-3-17(21)4-6-18/h3-6,19H,2,7-16H2,1H3,(H,22,26). The Labute approximate surface area is 161 Å². The van der Waals surface area contributed by atoms with E-state index in [-0.39, 0.29) is 11.8 Å². The van der Waals surface area contributed by atoms with E-state index in [0.29, 0.717) is 12.6 Å². The second-order valence-corrected chi connectivity index (χ2v) is 7.18. The van der Waals surface area contributed by atoms with Gasteiger partial charge in [0, 0.05) is 64.7 Å². The van der Waals surface area contributed by atoms with Crippen LogP contribution in [-0.2, 0) is 4.74 Å². The minimum Gasteiger partial charge on any atom is -0.378 e. The molecule has 1 aromatic carbocycles. The van der Waals surface area contributed by atoms with Crippen molar-refractivity contribution in [1.29, 1.82) is 0 Å². The van der Waals surface area contributed by atoms with Crippen LogP contribution in [0.5, 0.6) is 0 Å². The molecule has 0 aromatic heterocycles. The van der Waals surface area contributed by atoms with Crippen LogP contribution in [-0.4, -0.2) is 80.9 Å². The van der Waals surface area contributed by atoms with Gasteiger partial charge in [-0.1, -0.05) is 0 Å². The third kappa shape index (κ3) is 5.81. The second kappa shape index (κ2) is 9.90. The number of likely N-dealkylation sites (tertiary alicyclic amines) is 1. The Bertz CT molecular complexity index is 582. The zero-order valence-electron chi connectivity index (χ0n) is 16.2. The molecule has 2 aliphatic rings. The first kappa shape index (κ1) is 19.9. The highest BCUT2D eigenvalue weighted by Crippen LogP contribution is 2.17. The normalized spacial score (nSPS) is 19.3. The molecular formula is C20H31FN4O2. The number of anilines is 1. The highest BCUT2D eigenvalue weighted by molar-refractivity contribution is 5.74. The maximum Gasteiger partial charge on any atom is 0.317 e. The molecule has 0 atom stereocenters. The van der Waals surface area contributed by atoms with Crippen molar-refractivity contribution in [2.24, 2.45) is 0 Å². The number of nitrogens with zero attached hydrogens (tertiary/aromatic N) is 3. The van der Waals surface area contributed by atoms with Crippen LogP contribution in [0.15, 0.2) is 24.3 Å². The fourth-order valence-corrected chi connectivity index (χ4v) is 3.78. The molecule has 0 saturated carbocycles. The summed E-state index contributed by atoms with van der Waals surface area (Å²) in [4.78, 5) is 18.8. The zero-order chi connectivity index (χ0) is 19.1. The van der Waals surface area contributed by atoms with Crippen molar-refractivity contribution in [2.75, 3.05) is 63.9 Å². The Morgan fingerprint density at radius 1 is 1.11 bits per heavy atom. The monoisotopic (exact) mass is 378 g/mol. The van der Waals surface area contributed by atoms with Gasteiger partial charge in [-0.15, -0.1) is 0 Å². The fourth-order valence-electron chi connectivity index (χ4n) is 3.78. The lowest BCUT2D eigenvalue weighted by Crippen LogP contribution is -2.50. The Hall–Kier alpha value is -1.86. The van der Waals surface area contributed by atoms with Crippen molar-refractivity contribution in [3.05, 3.63) is 30.1 Å². The maximum absolute atomic E-state index is 13.0. The topological polar surface area (TPSA) is 48.1 Å². The molecule has 27 heavy (non-hydrogen) atoms. The van der Waals surface area contributed by atoms with Crippen LogP contribution >= 0.6 is 0 Å². The van der Waals surface area contributed by atoms with E-state index < -0.39 is 0 Å². The van der Waals surface area contributed by atoms with Gasteiger partial charge in [0.1, 0.15) is 5.82 Å². The van der Waals surface area contributed by atoms with Gasteiger partial charge in [0.05, 0.1) is 6.10 Å². The molecule has 0 spiro atoms. The lowest BCUT2D eigenvalue weighted by Gasteiger charge is -2.36. The molecule has 6 nitrogen and oxygen atoms in total. The molecule has 150 valence electrons. The largest absolute Gasteiger partial charge is 0.378 e. The van der Waals surface area contributed by atoms with Gasteiger partial charge in [-0.25, -0.2) is 9.18 Å². The van der Waals surface area contributed by atoms with Crippen LogP contribution in [0.3, 0.4) is 0 Å². The molecule has 0 unspecified atom stereocenters.